The lowest BCUT2D eigenvalue weighted by Gasteiger charge is -2.15. The molecular formula is C16H17NO11S. The summed E-state index contributed by atoms with van der Waals surface area (Å²) < 4.78 is 4.41. The number of thioether (sulfide) groups is 1. The molecule has 158 valence electrons. The number of aliphatic hydroxyl groups excluding tert-OH is 1. The van der Waals surface area contributed by atoms with Gasteiger partial charge in [0.15, 0.2) is 17.6 Å². The number of phenolic OH excluding ortho intramolecular Hbond substituents is 2. The molecule has 0 aliphatic carbocycles. The molecule has 0 aromatic heterocycles. The summed E-state index contributed by atoms with van der Waals surface area (Å²) in [5.41, 5.74) is 5.49. The Morgan fingerprint density at radius 3 is 2.21 bits per heavy atom. The van der Waals surface area contributed by atoms with Crippen molar-refractivity contribution in [1.82, 2.24) is 0 Å². The number of aromatic hydroxyl groups is 2. The fourth-order valence-electron chi connectivity index (χ4n) is 1.81. The van der Waals surface area contributed by atoms with Crippen molar-refractivity contribution in [2.24, 2.45) is 5.73 Å². The Morgan fingerprint density at radius 1 is 1.07 bits per heavy atom. The number of esters is 1. The van der Waals surface area contributed by atoms with Crippen LogP contribution in [0.15, 0.2) is 23.1 Å². The van der Waals surface area contributed by atoms with E-state index in [2.05, 4.69) is 4.74 Å². The van der Waals surface area contributed by atoms with Crippen LogP contribution in [0.3, 0.4) is 0 Å². The van der Waals surface area contributed by atoms with Crippen molar-refractivity contribution in [1.29, 1.82) is 0 Å². The van der Waals surface area contributed by atoms with E-state index < -0.39 is 53.6 Å². The lowest BCUT2D eigenvalue weighted by molar-refractivity contribution is -0.176. The molecule has 13 heteroatoms. The normalized spacial score (nSPS) is 14.1. The van der Waals surface area contributed by atoms with Crippen molar-refractivity contribution in [3.05, 3.63) is 23.8 Å². The zero-order chi connectivity index (χ0) is 22.3. The Labute approximate surface area is 166 Å². The average Bonchev–Trinajstić information content (AvgIpc) is 2.64. The number of carbonyl (C=O) groups excluding carboxylic acids is 1. The van der Waals surface area contributed by atoms with E-state index in [-0.39, 0.29) is 16.2 Å². The summed E-state index contributed by atoms with van der Waals surface area (Å²) in [6.07, 6.45) is -3.12. The van der Waals surface area contributed by atoms with Crippen LogP contribution in [0.25, 0.3) is 6.08 Å². The van der Waals surface area contributed by atoms with Gasteiger partial charge in [-0.25, -0.2) is 14.4 Å². The Bertz CT molecular complexity index is 838. The maximum Gasteiger partial charge on any atom is 0.348 e. The fourth-order valence-corrected chi connectivity index (χ4v) is 2.84. The number of hydrogen-bond acceptors (Lipinski definition) is 10. The van der Waals surface area contributed by atoms with Crippen molar-refractivity contribution in [3.8, 4) is 11.5 Å². The second-order valence-corrected chi connectivity index (χ2v) is 6.45. The molecule has 29 heavy (non-hydrogen) atoms. The SMILES string of the molecule is N[C@@H](CSc1c(/C=C/C(=O)OC(C(=O)O)C(O)C(=O)O)ccc(O)c1O)C(=O)O. The number of hydrogen-bond donors (Lipinski definition) is 7. The summed E-state index contributed by atoms with van der Waals surface area (Å²) >= 11 is 0.773. The van der Waals surface area contributed by atoms with Gasteiger partial charge in [-0.15, -0.1) is 11.8 Å². The molecule has 0 saturated carbocycles. The third-order valence-electron chi connectivity index (χ3n) is 3.29. The Balaban J connectivity index is 3.03. The number of carboxylic acid groups (broad SMARTS) is 3. The first-order chi connectivity index (χ1) is 13.5. The molecule has 0 amide bonds. The van der Waals surface area contributed by atoms with Gasteiger partial charge in [0.2, 0.25) is 6.10 Å². The molecule has 3 atom stereocenters. The highest BCUT2D eigenvalue weighted by atomic mass is 32.2. The van der Waals surface area contributed by atoms with Gasteiger partial charge in [-0.3, -0.25) is 4.79 Å². The van der Waals surface area contributed by atoms with Gasteiger partial charge in [-0.05, 0) is 23.8 Å². The van der Waals surface area contributed by atoms with Crippen LogP contribution in [0.1, 0.15) is 5.56 Å². The van der Waals surface area contributed by atoms with Crippen molar-refractivity contribution < 1.29 is 54.6 Å². The molecule has 0 aliphatic rings. The quantitative estimate of drug-likeness (QED) is 0.103. The first-order valence-electron chi connectivity index (χ1n) is 7.64. The van der Waals surface area contributed by atoms with Gasteiger partial charge in [0.1, 0.15) is 6.04 Å². The largest absolute Gasteiger partial charge is 0.504 e. The number of rotatable bonds is 10. The van der Waals surface area contributed by atoms with Crippen molar-refractivity contribution in [3.63, 3.8) is 0 Å². The molecule has 1 aromatic rings. The van der Waals surface area contributed by atoms with E-state index in [0.717, 1.165) is 23.9 Å². The molecule has 0 bridgehead atoms. The first-order valence-corrected chi connectivity index (χ1v) is 8.62. The topological polar surface area (TPSA) is 225 Å². The molecule has 12 nitrogen and oxygen atoms in total. The van der Waals surface area contributed by atoms with Gasteiger partial charge >= 0.3 is 23.9 Å². The van der Waals surface area contributed by atoms with E-state index >= 15 is 0 Å². The third kappa shape index (κ3) is 6.67. The van der Waals surface area contributed by atoms with Crippen LogP contribution in [0.4, 0.5) is 0 Å². The van der Waals surface area contributed by atoms with E-state index in [1.807, 2.05) is 0 Å². The zero-order valence-electron chi connectivity index (χ0n) is 14.5. The van der Waals surface area contributed by atoms with E-state index in [0.29, 0.717) is 6.08 Å². The minimum absolute atomic E-state index is 0.0221. The zero-order valence-corrected chi connectivity index (χ0v) is 15.3. The highest BCUT2D eigenvalue weighted by Gasteiger charge is 2.35. The summed E-state index contributed by atoms with van der Waals surface area (Å²) in [6.45, 7) is 0. The smallest absolute Gasteiger partial charge is 0.348 e. The number of aliphatic hydroxyl groups is 1. The summed E-state index contributed by atoms with van der Waals surface area (Å²) in [6, 6.07) is 1.06. The number of phenols is 2. The highest BCUT2D eigenvalue weighted by molar-refractivity contribution is 7.99. The second-order valence-electron chi connectivity index (χ2n) is 5.42. The lowest BCUT2D eigenvalue weighted by atomic mass is 10.2. The number of ether oxygens (including phenoxy) is 1. The van der Waals surface area contributed by atoms with E-state index in [9.17, 15) is 34.5 Å². The van der Waals surface area contributed by atoms with Crippen molar-refractivity contribution in [2.45, 2.75) is 23.1 Å². The average molecular weight is 431 g/mol. The summed E-state index contributed by atoms with van der Waals surface area (Å²) in [5.74, 6) is -7.73. The van der Waals surface area contributed by atoms with Gasteiger partial charge in [0.05, 0.1) is 4.90 Å². The van der Waals surface area contributed by atoms with Gasteiger partial charge < -0.3 is 41.1 Å². The van der Waals surface area contributed by atoms with Crippen LogP contribution in [0.5, 0.6) is 11.5 Å². The Hall–Kier alpha value is -3.29. The van der Waals surface area contributed by atoms with E-state index in [1.165, 1.54) is 6.07 Å². The predicted molar refractivity (Wildman–Crippen MR) is 96.3 cm³/mol. The van der Waals surface area contributed by atoms with Gasteiger partial charge in [-0.2, -0.15) is 0 Å². The van der Waals surface area contributed by atoms with Crippen molar-refractivity contribution in [2.75, 3.05) is 5.75 Å². The third-order valence-corrected chi connectivity index (χ3v) is 4.53. The van der Waals surface area contributed by atoms with Gasteiger partial charge in [0.25, 0.3) is 0 Å². The molecule has 0 saturated heterocycles. The summed E-state index contributed by atoms with van der Waals surface area (Å²) in [5, 5.41) is 55.1. The molecule has 8 N–H and O–H groups in total. The molecule has 0 radical (unpaired) electrons. The Morgan fingerprint density at radius 2 is 1.69 bits per heavy atom. The number of benzene rings is 1. The number of carboxylic acids is 3. The van der Waals surface area contributed by atoms with Gasteiger partial charge in [-0.1, -0.05) is 0 Å². The van der Waals surface area contributed by atoms with Gasteiger partial charge in [0, 0.05) is 11.8 Å². The summed E-state index contributed by atoms with van der Waals surface area (Å²) in [7, 11) is 0. The van der Waals surface area contributed by atoms with Crippen molar-refractivity contribution >= 4 is 41.7 Å². The van der Waals surface area contributed by atoms with E-state index in [4.69, 9.17) is 21.1 Å². The monoisotopic (exact) mass is 431 g/mol. The molecular weight excluding hydrogens is 414 g/mol. The molecule has 0 fully saturated rings. The van der Waals surface area contributed by atoms with Crippen LogP contribution < -0.4 is 5.73 Å². The van der Waals surface area contributed by atoms with Crippen LogP contribution in [0, 0.1) is 0 Å². The minimum Gasteiger partial charge on any atom is -0.504 e. The minimum atomic E-state index is -2.49. The van der Waals surface area contributed by atoms with Crippen LogP contribution >= 0.6 is 11.8 Å². The maximum atomic E-state index is 11.8. The first kappa shape index (κ1) is 23.7. The maximum absolute atomic E-state index is 11.8. The number of aliphatic carboxylic acids is 3. The molecule has 1 rings (SSSR count). The fraction of sp³-hybridized carbons (Fsp3) is 0.250. The number of nitrogens with two attached hydrogens (primary N) is 1. The van der Waals surface area contributed by atoms with Crippen LogP contribution in [-0.4, -0.2) is 78.5 Å². The molecule has 0 spiro atoms. The predicted octanol–water partition coefficient (Wildman–Crippen LogP) is -0.943. The molecule has 2 unspecified atom stereocenters. The van der Waals surface area contributed by atoms with Crippen LogP contribution in [-0.2, 0) is 23.9 Å². The standard InChI is InChI=1S/C16H17NO11S/c17-7(14(22)23)5-29-13-6(1-3-8(18)10(13)20)2-4-9(19)28-12(16(26)27)11(21)15(24)25/h1-4,7,11-12,18,20-21H,5,17H2,(H,22,23)(H,24,25)(H,26,27)/b4-2+/t7-,11?,12?/m0/s1. The number of carbonyl (C=O) groups is 4. The Kier molecular flexibility index (Phi) is 8.44. The molecule has 0 heterocycles. The molecule has 0 aliphatic heterocycles. The van der Waals surface area contributed by atoms with E-state index in [1.54, 1.807) is 0 Å². The molecule has 1 aromatic carbocycles. The van der Waals surface area contributed by atoms with Crippen LogP contribution in [0.2, 0.25) is 0 Å². The second kappa shape index (κ2) is 10.3. The highest BCUT2D eigenvalue weighted by Crippen LogP contribution is 2.39. The lowest BCUT2D eigenvalue weighted by Crippen LogP contribution is -2.42. The summed E-state index contributed by atoms with van der Waals surface area (Å²) in [4.78, 5) is 44.2.